The lowest BCUT2D eigenvalue weighted by molar-refractivity contribution is 0.224. The molecule has 0 aromatic heterocycles. The fourth-order valence-corrected chi connectivity index (χ4v) is 2.20. The lowest BCUT2D eigenvalue weighted by Crippen LogP contribution is -2.47. The highest BCUT2D eigenvalue weighted by Gasteiger charge is 2.07. The van der Waals surface area contributed by atoms with Gasteiger partial charge in [-0.3, -0.25) is 4.90 Å². The molecule has 1 fully saturated rings. The quantitative estimate of drug-likeness (QED) is 0.768. The van der Waals surface area contributed by atoms with Gasteiger partial charge in [-0.1, -0.05) is 12.1 Å². The van der Waals surface area contributed by atoms with Gasteiger partial charge in [-0.15, -0.1) is 0 Å². The topological polar surface area (TPSA) is 27.3 Å². The Labute approximate surface area is 108 Å². The highest BCUT2D eigenvalue weighted by molar-refractivity contribution is 5.24. The van der Waals surface area contributed by atoms with Crippen LogP contribution in [0.5, 0.6) is 0 Å². The van der Waals surface area contributed by atoms with Crippen LogP contribution in [0, 0.1) is 12.7 Å². The average Bonchev–Trinajstić information content (AvgIpc) is 2.40. The predicted molar refractivity (Wildman–Crippen MR) is 72.2 cm³/mol. The summed E-state index contributed by atoms with van der Waals surface area (Å²) in [4.78, 5) is 2.41. The summed E-state index contributed by atoms with van der Waals surface area (Å²) in [5, 5.41) is 6.78. The van der Waals surface area contributed by atoms with Gasteiger partial charge in [0, 0.05) is 39.4 Å². The third kappa shape index (κ3) is 4.05. The minimum absolute atomic E-state index is 0.118. The smallest absolute Gasteiger partial charge is 0.126 e. The van der Waals surface area contributed by atoms with Gasteiger partial charge >= 0.3 is 0 Å². The minimum atomic E-state index is -0.118. The van der Waals surface area contributed by atoms with Crippen LogP contribution in [0.2, 0.25) is 0 Å². The zero-order chi connectivity index (χ0) is 12.8. The van der Waals surface area contributed by atoms with Crippen LogP contribution in [0.1, 0.15) is 11.1 Å². The van der Waals surface area contributed by atoms with Crippen LogP contribution in [0.15, 0.2) is 18.2 Å². The van der Waals surface area contributed by atoms with Crippen molar-refractivity contribution in [2.24, 2.45) is 0 Å². The van der Waals surface area contributed by atoms with Crippen LogP contribution < -0.4 is 10.6 Å². The molecule has 0 aliphatic carbocycles. The number of benzene rings is 1. The van der Waals surface area contributed by atoms with Gasteiger partial charge < -0.3 is 10.6 Å². The van der Waals surface area contributed by atoms with Crippen LogP contribution in [-0.4, -0.2) is 44.3 Å². The summed E-state index contributed by atoms with van der Waals surface area (Å²) < 4.78 is 13.1. The molecule has 18 heavy (non-hydrogen) atoms. The second-order valence-electron chi connectivity index (χ2n) is 4.86. The van der Waals surface area contributed by atoms with Gasteiger partial charge in [0.15, 0.2) is 0 Å². The Kier molecular flexibility index (Phi) is 5.11. The molecule has 0 unspecified atom stereocenters. The van der Waals surface area contributed by atoms with Crippen molar-refractivity contribution < 1.29 is 4.39 Å². The van der Waals surface area contributed by atoms with E-state index in [9.17, 15) is 4.39 Å². The second-order valence-corrected chi connectivity index (χ2v) is 4.86. The van der Waals surface area contributed by atoms with Crippen LogP contribution in [0.25, 0.3) is 0 Å². The molecule has 0 saturated carbocycles. The summed E-state index contributed by atoms with van der Waals surface area (Å²) in [6.45, 7) is 8.09. The summed E-state index contributed by atoms with van der Waals surface area (Å²) in [6, 6.07) is 5.36. The summed E-state index contributed by atoms with van der Waals surface area (Å²) in [5.41, 5.74) is 1.93. The van der Waals surface area contributed by atoms with Crippen molar-refractivity contribution >= 4 is 0 Å². The van der Waals surface area contributed by atoms with Crippen LogP contribution in [0.4, 0.5) is 4.39 Å². The Morgan fingerprint density at radius 2 is 2.11 bits per heavy atom. The number of hydrogen-bond acceptors (Lipinski definition) is 3. The zero-order valence-electron chi connectivity index (χ0n) is 11.0. The molecule has 1 heterocycles. The van der Waals surface area contributed by atoms with Crippen molar-refractivity contribution in [3.05, 3.63) is 35.1 Å². The Hall–Kier alpha value is -0.970. The first-order valence-corrected chi connectivity index (χ1v) is 6.64. The maximum Gasteiger partial charge on any atom is 0.126 e. The fraction of sp³-hybridized carbons (Fsp3) is 0.571. The highest BCUT2D eigenvalue weighted by Crippen LogP contribution is 2.09. The Balaban J connectivity index is 1.66. The number of halogens is 1. The molecule has 3 nitrogen and oxygen atoms in total. The Morgan fingerprint density at radius 3 is 2.83 bits per heavy atom. The monoisotopic (exact) mass is 251 g/mol. The van der Waals surface area contributed by atoms with Gasteiger partial charge in [-0.05, 0) is 30.5 Å². The first-order chi connectivity index (χ1) is 8.75. The molecule has 0 amide bonds. The Morgan fingerprint density at radius 1 is 1.33 bits per heavy atom. The molecule has 4 heteroatoms. The highest BCUT2D eigenvalue weighted by atomic mass is 19.1. The molecule has 1 saturated heterocycles. The van der Waals surface area contributed by atoms with E-state index in [0.29, 0.717) is 0 Å². The Bertz CT molecular complexity index is 375. The predicted octanol–water partition coefficient (Wildman–Crippen LogP) is 1.13. The molecule has 1 aromatic carbocycles. The molecule has 0 radical (unpaired) electrons. The summed E-state index contributed by atoms with van der Waals surface area (Å²) >= 11 is 0. The summed E-state index contributed by atoms with van der Waals surface area (Å²) in [7, 11) is 0. The van der Waals surface area contributed by atoms with Crippen molar-refractivity contribution in [2.75, 3.05) is 39.4 Å². The standard InChI is InChI=1S/C14H22FN3/c1-12-10-13(2-3-14(12)15)4-5-17-11-18-8-6-16-7-9-18/h2-3,10,16-17H,4-9,11H2,1H3. The normalized spacial score (nSPS) is 17.0. The van der Waals surface area contributed by atoms with Gasteiger partial charge in [0.1, 0.15) is 5.82 Å². The lowest BCUT2D eigenvalue weighted by Gasteiger charge is -2.27. The van der Waals surface area contributed by atoms with Crippen molar-refractivity contribution in [3.8, 4) is 0 Å². The molecular weight excluding hydrogens is 229 g/mol. The number of aryl methyl sites for hydroxylation is 1. The molecule has 100 valence electrons. The van der Waals surface area contributed by atoms with Gasteiger partial charge in [-0.2, -0.15) is 0 Å². The van der Waals surface area contributed by atoms with Crippen molar-refractivity contribution in [1.29, 1.82) is 0 Å². The van der Waals surface area contributed by atoms with Gasteiger partial charge in [0.25, 0.3) is 0 Å². The molecule has 2 N–H and O–H groups in total. The number of nitrogens with one attached hydrogen (secondary N) is 2. The minimum Gasteiger partial charge on any atom is -0.314 e. The molecule has 0 bridgehead atoms. The first-order valence-electron chi connectivity index (χ1n) is 6.64. The molecule has 2 rings (SSSR count). The van der Waals surface area contributed by atoms with Crippen LogP contribution in [0.3, 0.4) is 0 Å². The van der Waals surface area contributed by atoms with E-state index in [1.54, 1.807) is 6.07 Å². The third-order valence-corrected chi connectivity index (χ3v) is 3.36. The number of rotatable bonds is 5. The van der Waals surface area contributed by atoms with Gasteiger partial charge in [0.2, 0.25) is 0 Å². The van der Waals surface area contributed by atoms with E-state index in [1.807, 2.05) is 19.1 Å². The van der Waals surface area contributed by atoms with Crippen LogP contribution >= 0.6 is 0 Å². The number of hydrogen-bond donors (Lipinski definition) is 2. The lowest BCUT2D eigenvalue weighted by atomic mass is 10.1. The zero-order valence-corrected chi connectivity index (χ0v) is 11.0. The van der Waals surface area contributed by atoms with E-state index in [0.717, 1.165) is 51.4 Å². The molecule has 1 aliphatic rings. The summed E-state index contributed by atoms with van der Waals surface area (Å²) in [6.07, 6.45) is 0.952. The van der Waals surface area contributed by atoms with Crippen molar-refractivity contribution in [1.82, 2.24) is 15.5 Å². The van der Waals surface area contributed by atoms with Crippen molar-refractivity contribution in [3.63, 3.8) is 0 Å². The number of nitrogens with zero attached hydrogens (tertiary/aromatic N) is 1. The van der Waals surface area contributed by atoms with E-state index < -0.39 is 0 Å². The largest absolute Gasteiger partial charge is 0.314 e. The number of piperazine rings is 1. The molecule has 1 aliphatic heterocycles. The van der Waals surface area contributed by atoms with E-state index in [1.165, 1.54) is 5.56 Å². The van der Waals surface area contributed by atoms with Crippen LogP contribution in [-0.2, 0) is 6.42 Å². The molecule has 1 aromatic rings. The molecular formula is C14H22FN3. The third-order valence-electron chi connectivity index (χ3n) is 3.36. The average molecular weight is 251 g/mol. The summed E-state index contributed by atoms with van der Waals surface area (Å²) in [5.74, 6) is -0.118. The molecule has 0 spiro atoms. The van der Waals surface area contributed by atoms with E-state index in [4.69, 9.17) is 0 Å². The maximum atomic E-state index is 13.1. The van der Waals surface area contributed by atoms with E-state index in [-0.39, 0.29) is 5.82 Å². The first kappa shape index (κ1) is 13.5. The maximum absolute atomic E-state index is 13.1. The van der Waals surface area contributed by atoms with Crippen molar-refractivity contribution in [2.45, 2.75) is 13.3 Å². The molecule has 0 atom stereocenters. The second kappa shape index (κ2) is 6.83. The fourth-order valence-electron chi connectivity index (χ4n) is 2.20. The van der Waals surface area contributed by atoms with E-state index in [2.05, 4.69) is 15.5 Å². The van der Waals surface area contributed by atoms with Gasteiger partial charge in [0.05, 0.1) is 0 Å². The van der Waals surface area contributed by atoms with E-state index >= 15 is 0 Å². The SMILES string of the molecule is Cc1cc(CCNCN2CCNCC2)ccc1F. The van der Waals surface area contributed by atoms with Gasteiger partial charge in [-0.25, -0.2) is 4.39 Å².